The van der Waals surface area contributed by atoms with Gasteiger partial charge in [-0.05, 0) is 24.6 Å². The van der Waals surface area contributed by atoms with E-state index in [4.69, 9.17) is 9.84 Å². The Hall–Kier alpha value is -2.37. The quantitative estimate of drug-likeness (QED) is 0.883. The molecule has 0 saturated heterocycles. The van der Waals surface area contributed by atoms with Crippen LogP contribution in [0.1, 0.15) is 21.6 Å². The molecule has 0 saturated carbocycles. The first-order valence-corrected chi connectivity index (χ1v) is 5.38. The highest BCUT2D eigenvalue weighted by Crippen LogP contribution is 2.21. The molecule has 6 nitrogen and oxygen atoms in total. The number of aryl methyl sites for hydroxylation is 2. The molecule has 2 rings (SSSR count). The molecule has 0 spiro atoms. The van der Waals surface area contributed by atoms with Crippen LogP contribution < -0.4 is 4.74 Å². The van der Waals surface area contributed by atoms with Crippen molar-refractivity contribution >= 4 is 5.97 Å². The smallest absolute Gasteiger partial charge is 0.339 e. The fourth-order valence-electron chi connectivity index (χ4n) is 1.54. The molecule has 0 aliphatic carbocycles. The van der Waals surface area contributed by atoms with Crippen molar-refractivity contribution < 1.29 is 14.6 Å². The molecule has 18 heavy (non-hydrogen) atoms. The van der Waals surface area contributed by atoms with Crippen molar-refractivity contribution in [2.24, 2.45) is 7.05 Å². The topological polar surface area (TPSA) is 77.2 Å². The minimum Gasteiger partial charge on any atom is -0.486 e. The van der Waals surface area contributed by atoms with Gasteiger partial charge in [-0.2, -0.15) is 0 Å². The lowest BCUT2D eigenvalue weighted by Crippen LogP contribution is -2.04. The summed E-state index contributed by atoms with van der Waals surface area (Å²) in [4.78, 5) is 11.0. The van der Waals surface area contributed by atoms with Crippen LogP contribution in [0.15, 0.2) is 24.4 Å². The Morgan fingerprint density at radius 3 is 2.89 bits per heavy atom. The lowest BCUT2D eigenvalue weighted by molar-refractivity contribution is 0.0691. The summed E-state index contributed by atoms with van der Waals surface area (Å²) < 4.78 is 7.04. The third-order valence-electron chi connectivity index (χ3n) is 2.39. The maximum atomic E-state index is 11.0. The number of benzene rings is 1. The van der Waals surface area contributed by atoms with Crippen molar-refractivity contribution in [3.8, 4) is 5.75 Å². The van der Waals surface area contributed by atoms with E-state index in [1.54, 1.807) is 30.1 Å². The normalized spacial score (nSPS) is 10.3. The van der Waals surface area contributed by atoms with Crippen LogP contribution in [0.4, 0.5) is 0 Å². The fourth-order valence-corrected chi connectivity index (χ4v) is 1.54. The summed E-state index contributed by atoms with van der Waals surface area (Å²) in [5.41, 5.74) is 1.73. The standard InChI is InChI=1S/C12H13N3O3/c1-8-3-4-10(12(16)17)11(5-8)18-7-9-6-15(2)14-13-9/h3-6H,7H2,1-2H3,(H,16,17). The van der Waals surface area contributed by atoms with E-state index in [9.17, 15) is 4.79 Å². The third kappa shape index (κ3) is 2.65. The van der Waals surface area contributed by atoms with Gasteiger partial charge in [-0.3, -0.25) is 4.68 Å². The van der Waals surface area contributed by atoms with Gasteiger partial charge >= 0.3 is 5.97 Å². The first-order chi connectivity index (χ1) is 8.56. The van der Waals surface area contributed by atoms with Gasteiger partial charge in [-0.25, -0.2) is 4.79 Å². The summed E-state index contributed by atoms with van der Waals surface area (Å²) >= 11 is 0. The summed E-state index contributed by atoms with van der Waals surface area (Å²) in [5.74, 6) is -0.669. The zero-order valence-electron chi connectivity index (χ0n) is 10.1. The monoisotopic (exact) mass is 247 g/mol. The predicted molar refractivity (Wildman–Crippen MR) is 63.5 cm³/mol. The van der Waals surface area contributed by atoms with E-state index in [1.807, 2.05) is 6.92 Å². The highest BCUT2D eigenvalue weighted by Gasteiger charge is 2.11. The zero-order chi connectivity index (χ0) is 13.1. The highest BCUT2D eigenvalue weighted by atomic mass is 16.5. The van der Waals surface area contributed by atoms with Crippen LogP contribution in [0.25, 0.3) is 0 Å². The van der Waals surface area contributed by atoms with Gasteiger partial charge in [0.05, 0.1) is 6.20 Å². The van der Waals surface area contributed by atoms with Gasteiger partial charge in [0, 0.05) is 7.05 Å². The lowest BCUT2D eigenvalue weighted by Gasteiger charge is -2.08. The number of carboxylic acid groups (broad SMARTS) is 1. The minimum absolute atomic E-state index is 0.143. The van der Waals surface area contributed by atoms with Crippen molar-refractivity contribution in [1.82, 2.24) is 15.0 Å². The van der Waals surface area contributed by atoms with Crippen LogP contribution in [0.3, 0.4) is 0 Å². The largest absolute Gasteiger partial charge is 0.486 e. The molecular formula is C12H13N3O3. The second kappa shape index (κ2) is 4.87. The van der Waals surface area contributed by atoms with Crippen molar-refractivity contribution in [2.45, 2.75) is 13.5 Å². The number of hydrogen-bond donors (Lipinski definition) is 1. The van der Waals surface area contributed by atoms with Gasteiger partial charge in [0.25, 0.3) is 0 Å². The molecule has 0 fully saturated rings. The molecule has 0 bridgehead atoms. The molecule has 0 radical (unpaired) electrons. The number of rotatable bonds is 4. The van der Waals surface area contributed by atoms with Crippen LogP contribution in [0.5, 0.6) is 5.75 Å². The molecule has 1 N–H and O–H groups in total. The van der Waals surface area contributed by atoms with E-state index >= 15 is 0 Å². The van der Waals surface area contributed by atoms with Crippen LogP contribution in [-0.2, 0) is 13.7 Å². The average Bonchev–Trinajstić information content (AvgIpc) is 2.72. The number of aromatic carboxylic acids is 1. The van der Waals surface area contributed by atoms with Crippen molar-refractivity contribution in [3.05, 3.63) is 41.2 Å². The van der Waals surface area contributed by atoms with E-state index in [0.717, 1.165) is 5.56 Å². The van der Waals surface area contributed by atoms with Crippen LogP contribution in [-0.4, -0.2) is 26.1 Å². The Kier molecular flexibility index (Phi) is 3.27. The Morgan fingerprint density at radius 1 is 1.50 bits per heavy atom. The Morgan fingerprint density at radius 2 is 2.28 bits per heavy atom. The summed E-state index contributed by atoms with van der Waals surface area (Å²) in [7, 11) is 1.76. The molecule has 0 aliphatic heterocycles. The molecule has 0 atom stereocenters. The number of hydrogen-bond acceptors (Lipinski definition) is 4. The van der Waals surface area contributed by atoms with E-state index in [2.05, 4.69) is 10.3 Å². The third-order valence-corrected chi connectivity index (χ3v) is 2.39. The highest BCUT2D eigenvalue weighted by molar-refractivity contribution is 5.90. The summed E-state index contributed by atoms with van der Waals surface area (Å²) in [5, 5.41) is 16.7. The van der Waals surface area contributed by atoms with Crippen LogP contribution in [0, 0.1) is 6.92 Å². The number of nitrogens with zero attached hydrogens (tertiary/aromatic N) is 3. The molecular weight excluding hydrogens is 234 g/mol. The minimum atomic E-state index is -1.01. The van der Waals surface area contributed by atoms with Crippen molar-refractivity contribution in [3.63, 3.8) is 0 Å². The van der Waals surface area contributed by atoms with E-state index in [-0.39, 0.29) is 12.2 Å². The second-order valence-corrected chi connectivity index (χ2v) is 3.98. The average molecular weight is 247 g/mol. The Bertz CT molecular complexity index is 578. The fraction of sp³-hybridized carbons (Fsp3) is 0.250. The predicted octanol–water partition coefficient (Wildman–Crippen LogP) is 1.40. The van der Waals surface area contributed by atoms with Crippen molar-refractivity contribution in [2.75, 3.05) is 0 Å². The number of carboxylic acids is 1. The van der Waals surface area contributed by atoms with Crippen molar-refractivity contribution in [1.29, 1.82) is 0 Å². The molecule has 2 aromatic rings. The van der Waals surface area contributed by atoms with Crippen LogP contribution in [0.2, 0.25) is 0 Å². The SMILES string of the molecule is Cc1ccc(C(=O)O)c(OCc2cn(C)nn2)c1. The molecule has 1 aromatic carbocycles. The van der Waals surface area contributed by atoms with Gasteiger partial charge in [-0.1, -0.05) is 11.3 Å². The molecule has 0 amide bonds. The zero-order valence-corrected chi connectivity index (χ0v) is 10.1. The van der Waals surface area contributed by atoms with Crippen LogP contribution >= 0.6 is 0 Å². The van der Waals surface area contributed by atoms with Gasteiger partial charge in [0.2, 0.25) is 0 Å². The summed E-state index contributed by atoms with van der Waals surface area (Å²) in [6.45, 7) is 2.07. The second-order valence-electron chi connectivity index (χ2n) is 3.98. The van der Waals surface area contributed by atoms with E-state index < -0.39 is 5.97 Å². The molecule has 0 unspecified atom stereocenters. The maximum absolute atomic E-state index is 11.0. The van der Waals surface area contributed by atoms with E-state index in [1.165, 1.54) is 6.07 Å². The molecule has 1 heterocycles. The first-order valence-electron chi connectivity index (χ1n) is 5.38. The van der Waals surface area contributed by atoms with E-state index in [0.29, 0.717) is 11.4 Å². The molecule has 94 valence electrons. The number of ether oxygens (including phenoxy) is 1. The van der Waals surface area contributed by atoms with Gasteiger partial charge in [0.15, 0.2) is 0 Å². The molecule has 1 aromatic heterocycles. The molecule has 0 aliphatic rings. The molecule has 6 heteroatoms. The van der Waals surface area contributed by atoms with Gasteiger partial charge in [0.1, 0.15) is 23.6 Å². The lowest BCUT2D eigenvalue weighted by atomic mass is 10.1. The summed E-state index contributed by atoms with van der Waals surface area (Å²) in [6, 6.07) is 4.96. The summed E-state index contributed by atoms with van der Waals surface area (Å²) in [6.07, 6.45) is 1.72. The first kappa shape index (κ1) is 12.1. The van der Waals surface area contributed by atoms with Gasteiger partial charge in [-0.15, -0.1) is 5.10 Å². The maximum Gasteiger partial charge on any atom is 0.339 e. The number of carbonyl (C=O) groups is 1. The Labute approximate surface area is 104 Å². The number of aromatic nitrogens is 3. The van der Waals surface area contributed by atoms with Gasteiger partial charge < -0.3 is 9.84 Å². The Balaban J connectivity index is 2.17.